The summed E-state index contributed by atoms with van der Waals surface area (Å²) in [6.45, 7) is 0.532. The SMILES string of the molecule is O=C(O)c1nc(Cl)ccc1NCc1ccccc1. The molecular formula is C13H11ClN2O2. The van der Waals surface area contributed by atoms with Gasteiger partial charge in [0.05, 0.1) is 5.69 Å². The van der Waals surface area contributed by atoms with Gasteiger partial charge in [-0.1, -0.05) is 41.9 Å². The van der Waals surface area contributed by atoms with Gasteiger partial charge in [0.2, 0.25) is 0 Å². The van der Waals surface area contributed by atoms with Gasteiger partial charge in [0, 0.05) is 6.54 Å². The lowest BCUT2D eigenvalue weighted by Crippen LogP contribution is -2.08. The Hall–Kier alpha value is -2.07. The van der Waals surface area contributed by atoms with E-state index < -0.39 is 5.97 Å². The summed E-state index contributed by atoms with van der Waals surface area (Å²) in [5.74, 6) is -1.10. The lowest BCUT2D eigenvalue weighted by molar-refractivity contribution is 0.0691. The molecule has 0 aliphatic rings. The second kappa shape index (κ2) is 5.51. The molecule has 1 aromatic heterocycles. The van der Waals surface area contributed by atoms with Crippen LogP contribution in [-0.2, 0) is 6.54 Å². The largest absolute Gasteiger partial charge is 0.476 e. The first-order chi connectivity index (χ1) is 8.66. The van der Waals surface area contributed by atoms with Crippen LogP contribution in [0, 0.1) is 0 Å². The van der Waals surface area contributed by atoms with Crippen LogP contribution in [-0.4, -0.2) is 16.1 Å². The third-order valence-corrected chi connectivity index (χ3v) is 2.60. The van der Waals surface area contributed by atoms with E-state index in [4.69, 9.17) is 16.7 Å². The quantitative estimate of drug-likeness (QED) is 0.832. The number of carboxylic acid groups (broad SMARTS) is 1. The fourth-order valence-electron chi connectivity index (χ4n) is 1.53. The van der Waals surface area contributed by atoms with Gasteiger partial charge in [-0.25, -0.2) is 9.78 Å². The summed E-state index contributed by atoms with van der Waals surface area (Å²) >= 11 is 5.68. The molecule has 92 valence electrons. The Morgan fingerprint density at radius 2 is 1.94 bits per heavy atom. The van der Waals surface area contributed by atoms with Gasteiger partial charge in [0.1, 0.15) is 5.15 Å². The molecule has 1 aromatic carbocycles. The number of hydrogen-bond donors (Lipinski definition) is 2. The molecule has 0 aliphatic heterocycles. The number of anilines is 1. The highest BCUT2D eigenvalue weighted by Crippen LogP contribution is 2.17. The summed E-state index contributed by atoms with van der Waals surface area (Å²) in [6.07, 6.45) is 0. The summed E-state index contributed by atoms with van der Waals surface area (Å²) in [6, 6.07) is 12.9. The fourth-order valence-corrected chi connectivity index (χ4v) is 1.68. The highest BCUT2D eigenvalue weighted by Gasteiger charge is 2.12. The lowest BCUT2D eigenvalue weighted by atomic mass is 10.2. The third-order valence-electron chi connectivity index (χ3n) is 2.39. The molecule has 4 nitrogen and oxygen atoms in total. The number of halogens is 1. The number of hydrogen-bond acceptors (Lipinski definition) is 3. The van der Waals surface area contributed by atoms with E-state index in [-0.39, 0.29) is 10.8 Å². The zero-order chi connectivity index (χ0) is 13.0. The molecule has 0 radical (unpaired) electrons. The van der Waals surface area contributed by atoms with E-state index in [1.807, 2.05) is 30.3 Å². The maximum absolute atomic E-state index is 11.0. The summed E-state index contributed by atoms with van der Waals surface area (Å²) in [5.41, 5.74) is 1.44. The molecule has 2 aromatic rings. The highest BCUT2D eigenvalue weighted by molar-refractivity contribution is 6.29. The van der Waals surface area contributed by atoms with Crippen molar-refractivity contribution in [3.05, 3.63) is 58.9 Å². The van der Waals surface area contributed by atoms with Crippen LogP contribution in [0.5, 0.6) is 0 Å². The van der Waals surface area contributed by atoms with Crippen LogP contribution in [0.25, 0.3) is 0 Å². The minimum Gasteiger partial charge on any atom is -0.476 e. The van der Waals surface area contributed by atoms with E-state index in [2.05, 4.69) is 10.3 Å². The minimum atomic E-state index is -1.10. The molecule has 0 saturated carbocycles. The number of aromatic carboxylic acids is 1. The molecule has 5 heteroatoms. The molecule has 0 amide bonds. The lowest BCUT2D eigenvalue weighted by Gasteiger charge is -2.09. The Labute approximate surface area is 109 Å². The second-order valence-electron chi connectivity index (χ2n) is 3.67. The first-order valence-corrected chi connectivity index (χ1v) is 5.72. The predicted octanol–water partition coefficient (Wildman–Crippen LogP) is 3.05. The standard InChI is InChI=1S/C13H11ClN2O2/c14-11-7-6-10(12(16-11)13(17)18)15-8-9-4-2-1-3-5-9/h1-7,15H,8H2,(H,17,18). The van der Waals surface area contributed by atoms with E-state index in [1.165, 1.54) is 0 Å². The Kier molecular flexibility index (Phi) is 3.79. The van der Waals surface area contributed by atoms with Crippen molar-refractivity contribution in [1.82, 2.24) is 4.98 Å². The Balaban J connectivity index is 2.17. The molecule has 1 heterocycles. The molecule has 0 bridgehead atoms. The van der Waals surface area contributed by atoms with Gasteiger partial charge in [-0.2, -0.15) is 0 Å². The Bertz CT molecular complexity index is 558. The molecule has 0 saturated heterocycles. The number of carbonyl (C=O) groups is 1. The van der Waals surface area contributed by atoms with E-state index in [1.54, 1.807) is 12.1 Å². The number of carboxylic acids is 1. The fraction of sp³-hybridized carbons (Fsp3) is 0.0769. The van der Waals surface area contributed by atoms with E-state index in [9.17, 15) is 4.79 Å². The Morgan fingerprint density at radius 3 is 2.61 bits per heavy atom. The van der Waals surface area contributed by atoms with Crippen LogP contribution in [0.4, 0.5) is 5.69 Å². The summed E-state index contributed by atoms with van der Waals surface area (Å²) in [5, 5.41) is 12.2. The average molecular weight is 263 g/mol. The predicted molar refractivity (Wildman–Crippen MR) is 70.0 cm³/mol. The van der Waals surface area contributed by atoms with E-state index in [0.717, 1.165) is 5.56 Å². The zero-order valence-electron chi connectivity index (χ0n) is 9.43. The molecule has 0 fully saturated rings. The van der Waals surface area contributed by atoms with E-state index >= 15 is 0 Å². The van der Waals surface area contributed by atoms with E-state index in [0.29, 0.717) is 12.2 Å². The van der Waals surface area contributed by atoms with Crippen LogP contribution in [0.1, 0.15) is 16.1 Å². The van der Waals surface area contributed by atoms with Crippen molar-refractivity contribution in [2.45, 2.75) is 6.54 Å². The van der Waals surface area contributed by atoms with Crippen molar-refractivity contribution < 1.29 is 9.90 Å². The van der Waals surface area contributed by atoms with Crippen LogP contribution in [0.3, 0.4) is 0 Å². The van der Waals surface area contributed by atoms with Crippen molar-refractivity contribution in [3.8, 4) is 0 Å². The monoisotopic (exact) mass is 262 g/mol. The van der Waals surface area contributed by atoms with Crippen molar-refractivity contribution in [3.63, 3.8) is 0 Å². The molecule has 0 atom stereocenters. The van der Waals surface area contributed by atoms with Crippen LogP contribution in [0.2, 0.25) is 5.15 Å². The van der Waals surface area contributed by atoms with Crippen molar-refractivity contribution in [2.75, 3.05) is 5.32 Å². The van der Waals surface area contributed by atoms with Crippen LogP contribution in [0.15, 0.2) is 42.5 Å². The summed E-state index contributed by atoms with van der Waals surface area (Å²) in [7, 11) is 0. The number of rotatable bonds is 4. The van der Waals surface area contributed by atoms with Crippen molar-refractivity contribution in [2.24, 2.45) is 0 Å². The minimum absolute atomic E-state index is 0.0709. The molecule has 2 rings (SSSR count). The summed E-state index contributed by atoms with van der Waals surface area (Å²) in [4.78, 5) is 14.8. The van der Waals surface area contributed by atoms with Gasteiger partial charge in [0.15, 0.2) is 5.69 Å². The molecule has 2 N–H and O–H groups in total. The number of nitrogens with one attached hydrogen (secondary N) is 1. The van der Waals surface area contributed by atoms with Crippen LogP contribution < -0.4 is 5.32 Å². The normalized spacial score (nSPS) is 10.1. The van der Waals surface area contributed by atoms with Crippen molar-refractivity contribution >= 4 is 23.3 Å². The van der Waals surface area contributed by atoms with Gasteiger partial charge in [-0.15, -0.1) is 0 Å². The van der Waals surface area contributed by atoms with Gasteiger partial charge in [-0.05, 0) is 17.7 Å². The van der Waals surface area contributed by atoms with Crippen molar-refractivity contribution in [1.29, 1.82) is 0 Å². The maximum atomic E-state index is 11.0. The molecule has 0 aliphatic carbocycles. The van der Waals surface area contributed by atoms with Gasteiger partial charge >= 0.3 is 5.97 Å². The second-order valence-corrected chi connectivity index (χ2v) is 4.06. The number of nitrogens with zero attached hydrogens (tertiary/aromatic N) is 1. The maximum Gasteiger partial charge on any atom is 0.356 e. The average Bonchev–Trinajstić information content (AvgIpc) is 2.38. The topological polar surface area (TPSA) is 62.2 Å². The molecular weight excluding hydrogens is 252 g/mol. The molecule has 18 heavy (non-hydrogen) atoms. The zero-order valence-corrected chi connectivity index (χ0v) is 10.2. The number of benzene rings is 1. The molecule has 0 spiro atoms. The number of pyridine rings is 1. The van der Waals surface area contributed by atoms with Gasteiger partial charge in [-0.3, -0.25) is 0 Å². The Morgan fingerprint density at radius 1 is 1.22 bits per heavy atom. The first kappa shape index (κ1) is 12.4. The van der Waals surface area contributed by atoms with Crippen LogP contribution >= 0.6 is 11.6 Å². The highest BCUT2D eigenvalue weighted by atomic mass is 35.5. The smallest absolute Gasteiger partial charge is 0.356 e. The first-order valence-electron chi connectivity index (χ1n) is 5.34. The number of aromatic nitrogens is 1. The molecule has 0 unspecified atom stereocenters. The van der Waals surface area contributed by atoms with Gasteiger partial charge < -0.3 is 10.4 Å². The third kappa shape index (κ3) is 2.99. The summed E-state index contributed by atoms with van der Waals surface area (Å²) < 4.78 is 0. The van der Waals surface area contributed by atoms with Gasteiger partial charge in [0.25, 0.3) is 0 Å².